The highest BCUT2D eigenvalue weighted by Crippen LogP contribution is 2.31. The van der Waals surface area contributed by atoms with Crippen molar-refractivity contribution in [2.24, 2.45) is 13.0 Å². The number of rotatable bonds is 4. The summed E-state index contributed by atoms with van der Waals surface area (Å²) in [6.45, 7) is 4.95. The molecule has 2 heterocycles. The molecule has 1 N–H and O–H groups in total. The van der Waals surface area contributed by atoms with Crippen molar-refractivity contribution in [1.29, 1.82) is 0 Å². The number of benzene rings is 1. The number of likely N-dealkylation sites (tertiary alicyclic amines) is 1. The molecule has 0 radical (unpaired) electrons. The van der Waals surface area contributed by atoms with Gasteiger partial charge in [0, 0.05) is 24.8 Å². The Labute approximate surface area is 136 Å². The van der Waals surface area contributed by atoms with E-state index >= 15 is 0 Å². The molecular formula is C18H24FN3O. The molecule has 3 rings (SSSR count). The molecule has 1 aromatic carbocycles. The van der Waals surface area contributed by atoms with Gasteiger partial charge in [-0.05, 0) is 56.5 Å². The maximum atomic E-state index is 13.0. The van der Waals surface area contributed by atoms with Gasteiger partial charge >= 0.3 is 0 Å². The quantitative estimate of drug-likeness (QED) is 0.943. The monoisotopic (exact) mass is 317 g/mol. The zero-order chi connectivity index (χ0) is 16.4. The SMILES string of the molecule is Cc1c(CN2CCC(C(O)c3ccc(F)cc3)CC2)cnn1C. The van der Waals surface area contributed by atoms with Gasteiger partial charge in [0.1, 0.15) is 5.82 Å². The predicted molar refractivity (Wildman–Crippen MR) is 87.3 cm³/mol. The van der Waals surface area contributed by atoms with Crippen LogP contribution >= 0.6 is 0 Å². The second-order valence-corrected chi connectivity index (χ2v) is 6.49. The van der Waals surface area contributed by atoms with Crippen molar-refractivity contribution in [2.75, 3.05) is 13.1 Å². The Balaban J connectivity index is 1.55. The third-order valence-electron chi connectivity index (χ3n) is 5.02. The van der Waals surface area contributed by atoms with Gasteiger partial charge in [-0.1, -0.05) is 12.1 Å². The molecule has 1 fully saturated rings. The number of aliphatic hydroxyl groups is 1. The van der Waals surface area contributed by atoms with Crippen molar-refractivity contribution < 1.29 is 9.50 Å². The van der Waals surface area contributed by atoms with Gasteiger partial charge in [-0.15, -0.1) is 0 Å². The minimum Gasteiger partial charge on any atom is -0.388 e. The lowest BCUT2D eigenvalue weighted by Gasteiger charge is -2.34. The summed E-state index contributed by atoms with van der Waals surface area (Å²) in [6.07, 6.45) is 3.35. The van der Waals surface area contributed by atoms with Crippen molar-refractivity contribution >= 4 is 0 Å². The van der Waals surface area contributed by atoms with Crippen LogP contribution in [0.3, 0.4) is 0 Å². The third-order valence-corrected chi connectivity index (χ3v) is 5.02. The normalized spacial score (nSPS) is 18.3. The van der Waals surface area contributed by atoms with Crippen LogP contribution in [0.5, 0.6) is 0 Å². The summed E-state index contributed by atoms with van der Waals surface area (Å²) < 4.78 is 14.9. The number of halogens is 1. The molecule has 0 aliphatic carbocycles. The van der Waals surface area contributed by atoms with E-state index in [0.29, 0.717) is 0 Å². The summed E-state index contributed by atoms with van der Waals surface area (Å²) in [6, 6.07) is 6.20. The minimum absolute atomic E-state index is 0.242. The molecule has 0 spiro atoms. The van der Waals surface area contributed by atoms with E-state index < -0.39 is 6.10 Å². The van der Waals surface area contributed by atoms with Gasteiger partial charge in [0.25, 0.3) is 0 Å². The first-order valence-electron chi connectivity index (χ1n) is 8.18. The fraction of sp³-hybridized carbons (Fsp3) is 0.500. The molecule has 1 atom stereocenters. The molecule has 1 saturated heterocycles. The maximum absolute atomic E-state index is 13.0. The Morgan fingerprint density at radius 2 is 1.91 bits per heavy atom. The lowest BCUT2D eigenvalue weighted by molar-refractivity contribution is 0.0567. The Kier molecular flexibility index (Phi) is 4.78. The first-order chi connectivity index (χ1) is 11.0. The largest absolute Gasteiger partial charge is 0.388 e. The van der Waals surface area contributed by atoms with Crippen molar-refractivity contribution in [3.63, 3.8) is 0 Å². The van der Waals surface area contributed by atoms with Crippen LogP contribution in [0.1, 0.15) is 35.8 Å². The number of piperidine rings is 1. The molecule has 0 bridgehead atoms. The lowest BCUT2D eigenvalue weighted by Crippen LogP contribution is -2.35. The molecule has 1 aliphatic rings. The second-order valence-electron chi connectivity index (χ2n) is 6.49. The topological polar surface area (TPSA) is 41.3 Å². The zero-order valence-corrected chi connectivity index (χ0v) is 13.7. The van der Waals surface area contributed by atoms with Gasteiger partial charge in [-0.25, -0.2) is 4.39 Å². The first-order valence-corrected chi connectivity index (χ1v) is 8.18. The number of nitrogens with zero attached hydrogens (tertiary/aromatic N) is 3. The number of aromatic nitrogens is 2. The molecule has 124 valence electrons. The average Bonchev–Trinajstić information content (AvgIpc) is 2.88. The van der Waals surface area contributed by atoms with Crippen LogP contribution < -0.4 is 0 Å². The van der Waals surface area contributed by atoms with E-state index in [1.54, 1.807) is 12.1 Å². The molecule has 0 saturated carbocycles. The van der Waals surface area contributed by atoms with Crippen LogP contribution in [-0.4, -0.2) is 32.9 Å². The van der Waals surface area contributed by atoms with E-state index in [9.17, 15) is 9.50 Å². The van der Waals surface area contributed by atoms with Crippen molar-refractivity contribution in [1.82, 2.24) is 14.7 Å². The number of aliphatic hydroxyl groups excluding tert-OH is 1. The van der Waals surface area contributed by atoms with E-state index in [2.05, 4.69) is 16.9 Å². The molecule has 5 heteroatoms. The standard InChI is InChI=1S/C18H24FN3O/c1-13-16(11-20-21(13)2)12-22-9-7-15(8-10-22)18(23)14-3-5-17(19)6-4-14/h3-6,11,15,18,23H,7-10,12H2,1-2H3. The van der Waals surface area contributed by atoms with Crippen LogP contribution in [0.25, 0.3) is 0 Å². The summed E-state index contributed by atoms with van der Waals surface area (Å²) in [4.78, 5) is 2.41. The smallest absolute Gasteiger partial charge is 0.123 e. The number of hydrogen-bond donors (Lipinski definition) is 1. The first kappa shape index (κ1) is 16.1. The van der Waals surface area contributed by atoms with Gasteiger partial charge in [-0.3, -0.25) is 9.58 Å². The molecule has 0 amide bonds. The van der Waals surface area contributed by atoms with Crippen LogP contribution in [0.2, 0.25) is 0 Å². The molecule has 1 aliphatic heterocycles. The summed E-state index contributed by atoms with van der Waals surface area (Å²) in [7, 11) is 1.96. The van der Waals surface area contributed by atoms with Crippen LogP contribution in [0.4, 0.5) is 4.39 Å². The molecule has 1 aromatic heterocycles. The molecular weight excluding hydrogens is 293 g/mol. The highest BCUT2D eigenvalue weighted by atomic mass is 19.1. The lowest BCUT2D eigenvalue weighted by atomic mass is 9.87. The summed E-state index contributed by atoms with van der Waals surface area (Å²) in [5.74, 6) is -0.0192. The van der Waals surface area contributed by atoms with Gasteiger partial charge in [0.2, 0.25) is 0 Å². The minimum atomic E-state index is -0.502. The summed E-state index contributed by atoms with van der Waals surface area (Å²) >= 11 is 0. The Bertz CT molecular complexity index is 645. The molecule has 23 heavy (non-hydrogen) atoms. The zero-order valence-electron chi connectivity index (χ0n) is 13.7. The maximum Gasteiger partial charge on any atom is 0.123 e. The summed E-state index contributed by atoms with van der Waals surface area (Å²) in [5, 5.41) is 14.8. The number of hydrogen-bond acceptors (Lipinski definition) is 3. The van der Waals surface area contributed by atoms with Crippen LogP contribution in [0.15, 0.2) is 30.5 Å². The second kappa shape index (κ2) is 6.81. The summed E-state index contributed by atoms with van der Waals surface area (Å²) in [5.41, 5.74) is 3.29. The van der Waals surface area contributed by atoms with Crippen molar-refractivity contribution in [3.8, 4) is 0 Å². The van der Waals surface area contributed by atoms with Gasteiger partial charge in [0.15, 0.2) is 0 Å². The Morgan fingerprint density at radius 1 is 1.26 bits per heavy atom. The van der Waals surface area contributed by atoms with Crippen molar-refractivity contribution in [3.05, 3.63) is 53.1 Å². The van der Waals surface area contributed by atoms with Crippen LogP contribution in [0, 0.1) is 18.7 Å². The van der Waals surface area contributed by atoms with E-state index in [1.807, 2.05) is 17.9 Å². The van der Waals surface area contributed by atoms with Gasteiger partial charge in [0.05, 0.1) is 12.3 Å². The van der Waals surface area contributed by atoms with E-state index in [0.717, 1.165) is 38.0 Å². The molecule has 2 aromatic rings. The Morgan fingerprint density at radius 3 is 2.48 bits per heavy atom. The molecule has 4 nitrogen and oxygen atoms in total. The third kappa shape index (κ3) is 3.62. The van der Waals surface area contributed by atoms with Gasteiger partial charge < -0.3 is 5.11 Å². The fourth-order valence-electron chi connectivity index (χ4n) is 3.30. The number of aryl methyl sites for hydroxylation is 1. The predicted octanol–water partition coefficient (Wildman–Crippen LogP) is 2.81. The van der Waals surface area contributed by atoms with E-state index in [1.165, 1.54) is 23.4 Å². The highest BCUT2D eigenvalue weighted by molar-refractivity contribution is 5.19. The molecule has 1 unspecified atom stereocenters. The highest BCUT2D eigenvalue weighted by Gasteiger charge is 2.26. The van der Waals surface area contributed by atoms with Crippen LogP contribution in [-0.2, 0) is 13.6 Å². The average molecular weight is 317 g/mol. The van der Waals surface area contributed by atoms with E-state index in [4.69, 9.17) is 0 Å². The van der Waals surface area contributed by atoms with Gasteiger partial charge in [-0.2, -0.15) is 5.10 Å². The van der Waals surface area contributed by atoms with E-state index in [-0.39, 0.29) is 11.7 Å². The van der Waals surface area contributed by atoms with Crippen molar-refractivity contribution in [2.45, 2.75) is 32.4 Å². The Hall–Kier alpha value is -1.72. The fourth-order valence-corrected chi connectivity index (χ4v) is 3.30.